The fourth-order valence-corrected chi connectivity index (χ4v) is 2.76. The number of rotatable bonds is 3. The van der Waals surface area contributed by atoms with Crippen molar-refractivity contribution in [1.29, 1.82) is 0 Å². The van der Waals surface area contributed by atoms with E-state index in [1.807, 2.05) is 0 Å². The topological polar surface area (TPSA) is 35.2 Å². The van der Waals surface area contributed by atoms with Crippen LogP contribution in [-0.2, 0) is 11.2 Å². The normalized spacial score (nSPS) is 23.6. The molecule has 0 spiro atoms. The molecule has 0 radical (unpaired) electrons. The number of benzene rings is 1. The summed E-state index contributed by atoms with van der Waals surface area (Å²) in [7, 11) is 1.77. The van der Waals surface area contributed by atoms with Crippen molar-refractivity contribution in [2.75, 3.05) is 13.7 Å². The molecule has 0 heterocycles. The number of hydrogen-bond donors (Lipinski definition) is 1. The Balaban J connectivity index is 2.38. The van der Waals surface area contributed by atoms with Gasteiger partial charge in [-0.05, 0) is 37.3 Å². The number of aryl methyl sites for hydroxylation is 1. The van der Waals surface area contributed by atoms with Gasteiger partial charge >= 0.3 is 0 Å². The second-order valence-electron chi connectivity index (χ2n) is 4.86. The maximum atomic E-state index is 5.88. The van der Waals surface area contributed by atoms with Gasteiger partial charge in [-0.25, -0.2) is 0 Å². The molecule has 0 saturated carbocycles. The number of ether oxygens (including phenoxy) is 1. The average Bonchev–Trinajstić information content (AvgIpc) is 2.37. The van der Waals surface area contributed by atoms with Gasteiger partial charge in [0, 0.05) is 19.6 Å². The SMILES string of the molecule is COC(C)(CN)C1CCCc2ccccc21. The molecule has 2 atom stereocenters. The van der Waals surface area contributed by atoms with Gasteiger partial charge in [0.25, 0.3) is 0 Å². The van der Waals surface area contributed by atoms with Crippen LogP contribution in [0.3, 0.4) is 0 Å². The van der Waals surface area contributed by atoms with Gasteiger partial charge in [-0.2, -0.15) is 0 Å². The standard InChI is InChI=1S/C14H21NO/c1-14(10-15,16-2)13-9-5-7-11-6-3-4-8-12(11)13/h3-4,6,8,13H,5,7,9-10,15H2,1-2H3. The fourth-order valence-electron chi connectivity index (χ4n) is 2.76. The third kappa shape index (κ3) is 1.87. The van der Waals surface area contributed by atoms with Crippen molar-refractivity contribution < 1.29 is 4.74 Å². The Kier molecular flexibility index (Phi) is 3.31. The van der Waals surface area contributed by atoms with Crippen LogP contribution in [0.15, 0.2) is 24.3 Å². The largest absolute Gasteiger partial charge is 0.377 e. The molecule has 0 aliphatic heterocycles. The molecule has 1 aromatic carbocycles. The Hall–Kier alpha value is -0.860. The molecule has 2 heteroatoms. The zero-order valence-corrected chi connectivity index (χ0v) is 10.2. The summed E-state index contributed by atoms with van der Waals surface area (Å²) in [6.45, 7) is 2.70. The summed E-state index contributed by atoms with van der Waals surface area (Å²) in [5.41, 5.74) is 8.56. The fraction of sp³-hybridized carbons (Fsp3) is 0.571. The van der Waals surface area contributed by atoms with Crippen LogP contribution in [0.25, 0.3) is 0 Å². The van der Waals surface area contributed by atoms with Crippen LogP contribution < -0.4 is 5.73 Å². The molecule has 2 rings (SSSR count). The highest BCUT2D eigenvalue weighted by Gasteiger charge is 2.36. The van der Waals surface area contributed by atoms with E-state index in [-0.39, 0.29) is 5.60 Å². The van der Waals surface area contributed by atoms with Crippen LogP contribution in [0.1, 0.15) is 36.8 Å². The van der Waals surface area contributed by atoms with Crippen molar-refractivity contribution in [3.8, 4) is 0 Å². The molecule has 0 saturated heterocycles. The first-order chi connectivity index (χ1) is 7.71. The van der Waals surface area contributed by atoms with Crippen LogP contribution in [0.2, 0.25) is 0 Å². The number of fused-ring (bicyclic) bond motifs is 1. The van der Waals surface area contributed by atoms with Crippen molar-refractivity contribution in [2.24, 2.45) is 5.73 Å². The second-order valence-corrected chi connectivity index (χ2v) is 4.86. The Morgan fingerprint density at radius 2 is 2.19 bits per heavy atom. The molecule has 1 aromatic rings. The van der Waals surface area contributed by atoms with E-state index in [1.165, 1.54) is 30.4 Å². The summed E-state index contributed by atoms with van der Waals surface area (Å²) in [6, 6.07) is 8.69. The average molecular weight is 219 g/mol. The van der Waals surface area contributed by atoms with Gasteiger partial charge < -0.3 is 10.5 Å². The highest BCUT2D eigenvalue weighted by atomic mass is 16.5. The molecule has 1 aliphatic rings. The summed E-state index contributed by atoms with van der Waals surface area (Å²) in [5, 5.41) is 0. The smallest absolute Gasteiger partial charge is 0.0840 e. The summed E-state index contributed by atoms with van der Waals surface area (Å²) >= 11 is 0. The van der Waals surface area contributed by atoms with Crippen LogP contribution in [0.5, 0.6) is 0 Å². The molecular formula is C14H21NO. The maximum absolute atomic E-state index is 5.88. The van der Waals surface area contributed by atoms with Gasteiger partial charge in [0.1, 0.15) is 0 Å². The first kappa shape index (κ1) is 11.6. The monoisotopic (exact) mass is 219 g/mol. The molecule has 16 heavy (non-hydrogen) atoms. The Morgan fingerprint density at radius 1 is 1.44 bits per heavy atom. The molecule has 0 bridgehead atoms. The van der Waals surface area contributed by atoms with E-state index in [0.717, 1.165) is 0 Å². The third-order valence-corrected chi connectivity index (χ3v) is 3.98. The van der Waals surface area contributed by atoms with Crippen molar-refractivity contribution in [2.45, 2.75) is 37.7 Å². The summed E-state index contributed by atoms with van der Waals surface area (Å²) in [4.78, 5) is 0. The lowest BCUT2D eigenvalue weighted by Gasteiger charge is -2.39. The highest BCUT2D eigenvalue weighted by Crippen LogP contribution is 2.40. The predicted molar refractivity (Wildman–Crippen MR) is 66.6 cm³/mol. The van der Waals surface area contributed by atoms with Crippen LogP contribution >= 0.6 is 0 Å². The minimum Gasteiger partial charge on any atom is -0.377 e. The van der Waals surface area contributed by atoms with E-state index in [9.17, 15) is 0 Å². The zero-order valence-electron chi connectivity index (χ0n) is 10.2. The Labute approximate surface area is 97.8 Å². The molecule has 0 aromatic heterocycles. The van der Waals surface area contributed by atoms with Gasteiger partial charge in [0.05, 0.1) is 5.60 Å². The van der Waals surface area contributed by atoms with E-state index in [4.69, 9.17) is 10.5 Å². The van der Waals surface area contributed by atoms with E-state index < -0.39 is 0 Å². The number of hydrogen-bond acceptors (Lipinski definition) is 2. The molecular weight excluding hydrogens is 198 g/mol. The molecule has 2 unspecified atom stereocenters. The van der Waals surface area contributed by atoms with E-state index >= 15 is 0 Å². The number of nitrogens with two attached hydrogens (primary N) is 1. The lowest BCUT2D eigenvalue weighted by atomic mass is 9.74. The van der Waals surface area contributed by atoms with Crippen LogP contribution in [0, 0.1) is 0 Å². The van der Waals surface area contributed by atoms with Crippen molar-refractivity contribution in [3.05, 3.63) is 35.4 Å². The van der Waals surface area contributed by atoms with Gasteiger partial charge in [0.15, 0.2) is 0 Å². The Morgan fingerprint density at radius 3 is 2.88 bits per heavy atom. The number of methoxy groups -OCH3 is 1. The molecule has 0 amide bonds. The quantitative estimate of drug-likeness (QED) is 0.847. The van der Waals surface area contributed by atoms with Gasteiger partial charge in [-0.15, -0.1) is 0 Å². The van der Waals surface area contributed by atoms with E-state index in [2.05, 4.69) is 31.2 Å². The second kappa shape index (κ2) is 4.56. The summed E-state index contributed by atoms with van der Waals surface area (Å²) < 4.78 is 5.66. The zero-order chi connectivity index (χ0) is 11.6. The predicted octanol–water partition coefficient (Wildman–Crippen LogP) is 2.47. The van der Waals surface area contributed by atoms with E-state index in [0.29, 0.717) is 12.5 Å². The minimum atomic E-state index is -0.226. The van der Waals surface area contributed by atoms with Gasteiger partial charge in [-0.1, -0.05) is 24.3 Å². The van der Waals surface area contributed by atoms with Crippen molar-refractivity contribution in [1.82, 2.24) is 0 Å². The van der Waals surface area contributed by atoms with Crippen LogP contribution in [-0.4, -0.2) is 19.3 Å². The third-order valence-electron chi connectivity index (χ3n) is 3.98. The molecule has 2 N–H and O–H groups in total. The lowest BCUT2D eigenvalue weighted by Crippen LogP contribution is -2.43. The summed E-state index contributed by atoms with van der Waals surface area (Å²) in [5.74, 6) is 0.437. The van der Waals surface area contributed by atoms with Gasteiger partial charge in [-0.3, -0.25) is 0 Å². The Bertz CT molecular complexity index is 358. The lowest BCUT2D eigenvalue weighted by molar-refractivity contribution is -0.0143. The van der Waals surface area contributed by atoms with Crippen molar-refractivity contribution >= 4 is 0 Å². The van der Waals surface area contributed by atoms with Crippen molar-refractivity contribution in [3.63, 3.8) is 0 Å². The maximum Gasteiger partial charge on any atom is 0.0840 e. The molecule has 2 nitrogen and oxygen atoms in total. The highest BCUT2D eigenvalue weighted by molar-refractivity contribution is 5.34. The van der Waals surface area contributed by atoms with Crippen LogP contribution in [0.4, 0.5) is 0 Å². The molecule has 88 valence electrons. The molecule has 0 fully saturated rings. The minimum absolute atomic E-state index is 0.226. The molecule has 1 aliphatic carbocycles. The van der Waals surface area contributed by atoms with E-state index in [1.54, 1.807) is 7.11 Å². The summed E-state index contributed by atoms with van der Waals surface area (Å²) in [6.07, 6.45) is 3.61. The first-order valence-electron chi connectivity index (χ1n) is 6.04. The first-order valence-corrected chi connectivity index (χ1v) is 6.04. The van der Waals surface area contributed by atoms with Gasteiger partial charge in [0.2, 0.25) is 0 Å².